The smallest absolute Gasteiger partial charge is 0.226 e. The van der Waals surface area contributed by atoms with E-state index in [-0.39, 0.29) is 5.54 Å². The Balaban J connectivity index is 1.94. The van der Waals surface area contributed by atoms with Crippen molar-refractivity contribution in [1.82, 2.24) is 4.90 Å². The Kier molecular flexibility index (Phi) is 1.49. The van der Waals surface area contributed by atoms with E-state index >= 15 is 0 Å². The molecule has 2 atom stereocenters. The molecule has 2 fully saturated rings. The van der Waals surface area contributed by atoms with Crippen molar-refractivity contribution in [3.05, 3.63) is 0 Å². The van der Waals surface area contributed by atoms with E-state index in [0.29, 0.717) is 24.3 Å². The van der Waals surface area contributed by atoms with E-state index in [4.69, 9.17) is 5.73 Å². The Bertz CT molecular complexity index is 219. The van der Waals surface area contributed by atoms with Crippen molar-refractivity contribution in [3.63, 3.8) is 0 Å². The van der Waals surface area contributed by atoms with E-state index < -0.39 is 0 Å². The highest BCUT2D eigenvalue weighted by atomic mass is 16.2. The Morgan fingerprint density at radius 3 is 2.75 bits per heavy atom. The van der Waals surface area contributed by atoms with E-state index in [1.54, 1.807) is 0 Å². The van der Waals surface area contributed by atoms with Gasteiger partial charge in [-0.25, -0.2) is 0 Å². The molecule has 2 N–H and O–H groups in total. The molecule has 1 heterocycles. The van der Waals surface area contributed by atoms with Gasteiger partial charge < -0.3 is 10.6 Å². The maximum atomic E-state index is 11.5. The lowest BCUT2D eigenvalue weighted by Gasteiger charge is -2.27. The molecule has 1 aliphatic carbocycles. The molecule has 0 spiro atoms. The summed E-state index contributed by atoms with van der Waals surface area (Å²) >= 11 is 0. The molecule has 2 aliphatic rings. The van der Waals surface area contributed by atoms with Crippen molar-refractivity contribution in [2.45, 2.75) is 25.8 Å². The zero-order chi connectivity index (χ0) is 8.93. The van der Waals surface area contributed by atoms with Gasteiger partial charge in [0.15, 0.2) is 0 Å². The normalized spacial score (nSPS) is 33.9. The molecular weight excluding hydrogens is 152 g/mol. The van der Waals surface area contributed by atoms with Crippen LogP contribution < -0.4 is 5.73 Å². The van der Waals surface area contributed by atoms with Crippen LogP contribution in [0.25, 0.3) is 0 Å². The molecule has 1 amide bonds. The van der Waals surface area contributed by atoms with Gasteiger partial charge in [-0.15, -0.1) is 0 Å². The number of carbonyl (C=O) groups excluding carboxylic acids is 1. The monoisotopic (exact) mass is 168 g/mol. The number of piperidine rings is 1. The Morgan fingerprint density at radius 1 is 1.67 bits per heavy atom. The zero-order valence-electron chi connectivity index (χ0n) is 7.71. The Hall–Kier alpha value is -0.570. The quantitative estimate of drug-likeness (QED) is 0.640. The second kappa shape index (κ2) is 2.22. The highest BCUT2D eigenvalue weighted by Gasteiger charge is 2.52. The van der Waals surface area contributed by atoms with Crippen LogP contribution in [0.3, 0.4) is 0 Å². The fourth-order valence-corrected chi connectivity index (χ4v) is 1.99. The number of nitrogens with zero attached hydrogens (tertiary/aromatic N) is 1. The van der Waals surface area contributed by atoms with Crippen LogP contribution in [0.4, 0.5) is 0 Å². The zero-order valence-corrected chi connectivity index (χ0v) is 7.71. The lowest BCUT2D eigenvalue weighted by molar-refractivity contribution is -0.130. The molecule has 3 nitrogen and oxygen atoms in total. The summed E-state index contributed by atoms with van der Waals surface area (Å²) in [5, 5.41) is 0. The minimum Gasteiger partial charge on any atom is -0.340 e. The minimum absolute atomic E-state index is 0.244. The van der Waals surface area contributed by atoms with E-state index in [9.17, 15) is 4.79 Å². The summed E-state index contributed by atoms with van der Waals surface area (Å²) in [5.41, 5.74) is 5.60. The molecule has 1 aliphatic heterocycles. The SMILES string of the molecule is CC(C)(N)CN1CC2CC2C1=O. The fraction of sp³-hybridized carbons (Fsp3) is 0.889. The number of hydrogen-bond donors (Lipinski definition) is 1. The first-order valence-electron chi connectivity index (χ1n) is 4.55. The molecule has 1 saturated carbocycles. The summed E-state index contributed by atoms with van der Waals surface area (Å²) in [5.74, 6) is 1.37. The standard InChI is InChI=1S/C9H16N2O/c1-9(2,10)5-11-4-6-3-7(6)8(11)12/h6-7H,3-5,10H2,1-2H3. The van der Waals surface area contributed by atoms with Gasteiger partial charge in [-0.2, -0.15) is 0 Å². The molecule has 0 aromatic heterocycles. The van der Waals surface area contributed by atoms with Gasteiger partial charge in [0.05, 0.1) is 0 Å². The molecule has 12 heavy (non-hydrogen) atoms. The Morgan fingerprint density at radius 2 is 2.33 bits per heavy atom. The number of nitrogens with two attached hydrogens (primary N) is 1. The van der Waals surface area contributed by atoms with Crippen molar-refractivity contribution in [2.75, 3.05) is 13.1 Å². The first-order valence-corrected chi connectivity index (χ1v) is 4.55. The number of hydrogen-bond acceptors (Lipinski definition) is 2. The summed E-state index contributed by atoms with van der Waals surface area (Å²) in [6.45, 7) is 5.58. The highest BCUT2D eigenvalue weighted by molar-refractivity contribution is 5.84. The van der Waals surface area contributed by atoms with Crippen LogP contribution >= 0.6 is 0 Å². The van der Waals surface area contributed by atoms with Gasteiger partial charge in [0, 0.05) is 24.5 Å². The molecule has 0 bridgehead atoms. The van der Waals surface area contributed by atoms with Gasteiger partial charge in [-0.1, -0.05) is 0 Å². The van der Waals surface area contributed by atoms with E-state index in [2.05, 4.69) is 0 Å². The van der Waals surface area contributed by atoms with Crippen LogP contribution in [0.5, 0.6) is 0 Å². The predicted octanol–water partition coefficient (Wildman–Crippen LogP) is 0.202. The maximum absolute atomic E-state index is 11.5. The van der Waals surface area contributed by atoms with Gasteiger partial charge in [0.1, 0.15) is 0 Å². The van der Waals surface area contributed by atoms with Gasteiger partial charge in [-0.05, 0) is 26.2 Å². The number of carbonyl (C=O) groups is 1. The van der Waals surface area contributed by atoms with E-state index in [0.717, 1.165) is 13.0 Å². The van der Waals surface area contributed by atoms with Crippen LogP contribution in [0.1, 0.15) is 20.3 Å². The molecule has 0 radical (unpaired) electrons. The van der Waals surface area contributed by atoms with Crippen molar-refractivity contribution in [1.29, 1.82) is 0 Å². The van der Waals surface area contributed by atoms with E-state index in [1.165, 1.54) is 0 Å². The number of likely N-dealkylation sites (tertiary alicyclic amines) is 1. The average molecular weight is 168 g/mol. The van der Waals surface area contributed by atoms with Crippen molar-refractivity contribution in [3.8, 4) is 0 Å². The van der Waals surface area contributed by atoms with Gasteiger partial charge >= 0.3 is 0 Å². The predicted molar refractivity (Wildman–Crippen MR) is 46.4 cm³/mol. The van der Waals surface area contributed by atoms with Gasteiger partial charge in [0.2, 0.25) is 5.91 Å². The van der Waals surface area contributed by atoms with E-state index in [1.807, 2.05) is 18.7 Å². The molecule has 68 valence electrons. The average Bonchev–Trinajstić information content (AvgIpc) is 2.56. The van der Waals surface area contributed by atoms with Crippen LogP contribution in [0.15, 0.2) is 0 Å². The molecule has 3 heteroatoms. The largest absolute Gasteiger partial charge is 0.340 e. The molecule has 0 aromatic carbocycles. The second-order valence-electron chi connectivity index (χ2n) is 4.81. The van der Waals surface area contributed by atoms with Crippen LogP contribution in [-0.4, -0.2) is 29.4 Å². The third-order valence-corrected chi connectivity index (χ3v) is 2.60. The Labute approximate surface area is 72.9 Å². The maximum Gasteiger partial charge on any atom is 0.226 e. The van der Waals surface area contributed by atoms with Crippen molar-refractivity contribution >= 4 is 5.91 Å². The summed E-state index contributed by atoms with van der Waals surface area (Å²) in [4.78, 5) is 13.4. The third kappa shape index (κ3) is 1.33. The number of fused-ring (bicyclic) bond motifs is 1. The molecular formula is C9H16N2O. The fourth-order valence-electron chi connectivity index (χ4n) is 1.99. The van der Waals surface area contributed by atoms with Crippen LogP contribution in [0, 0.1) is 11.8 Å². The van der Waals surface area contributed by atoms with Crippen LogP contribution in [-0.2, 0) is 4.79 Å². The van der Waals surface area contributed by atoms with Crippen LogP contribution in [0.2, 0.25) is 0 Å². The second-order valence-corrected chi connectivity index (χ2v) is 4.81. The summed E-state index contributed by atoms with van der Waals surface area (Å²) in [6, 6.07) is 0. The molecule has 0 aromatic rings. The summed E-state index contributed by atoms with van der Waals surface area (Å²) in [7, 11) is 0. The first kappa shape index (κ1) is 8.05. The summed E-state index contributed by atoms with van der Waals surface area (Å²) in [6.07, 6.45) is 1.13. The minimum atomic E-state index is -0.244. The first-order chi connectivity index (χ1) is 5.47. The molecule has 1 saturated heterocycles. The van der Waals surface area contributed by atoms with Gasteiger partial charge in [0.25, 0.3) is 0 Å². The topological polar surface area (TPSA) is 46.3 Å². The lowest BCUT2D eigenvalue weighted by Crippen LogP contribution is -2.46. The third-order valence-electron chi connectivity index (χ3n) is 2.60. The van der Waals surface area contributed by atoms with Crippen molar-refractivity contribution < 1.29 is 4.79 Å². The number of amides is 1. The summed E-state index contributed by atoms with van der Waals surface area (Å²) < 4.78 is 0. The molecule has 2 rings (SSSR count). The van der Waals surface area contributed by atoms with Gasteiger partial charge in [-0.3, -0.25) is 4.79 Å². The highest BCUT2D eigenvalue weighted by Crippen LogP contribution is 2.46. The molecule has 2 unspecified atom stereocenters. The lowest BCUT2D eigenvalue weighted by atomic mass is 10.1. The van der Waals surface area contributed by atoms with Crippen molar-refractivity contribution in [2.24, 2.45) is 17.6 Å². The number of rotatable bonds is 2.